The van der Waals surface area contributed by atoms with E-state index in [4.69, 9.17) is 10.00 Å². The van der Waals surface area contributed by atoms with Crippen LogP contribution in [0.2, 0.25) is 0 Å². The van der Waals surface area contributed by atoms with Crippen molar-refractivity contribution in [2.24, 2.45) is 4.99 Å². The van der Waals surface area contributed by atoms with Crippen LogP contribution in [0.25, 0.3) is 0 Å². The van der Waals surface area contributed by atoms with Crippen LogP contribution in [0.1, 0.15) is 5.56 Å². The first-order chi connectivity index (χ1) is 6.86. The maximum Gasteiger partial charge on any atom is 0.188 e. The monoisotopic (exact) mass is 188 g/mol. The van der Waals surface area contributed by atoms with Crippen LogP contribution in [0.15, 0.2) is 35.3 Å². The molecule has 0 heterocycles. The molecule has 72 valence electrons. The molecule has 1 aromatic rings. The Balaban J connectivity index is 2.63. The molecule has 0 bridgehead atoms. The molecule has 0 amide bonds. The van der Waals surface area contributed by atoms with Gasteiger partial charge in [0.1, 0.15) is 6.54 Å². The second kappa shape index (κ2) is 5.76. The average molecular weight is 188 g/mol. The van der Waals surface area contributed by atoms with Gasteiger partial charge in [0.2, 0.25) is 0 Å². The van der Waals surface area contributed by atoms with E-state index < -0.39 is 0 Å². The number of nitriles is 1. The highest BCUT2D eigenvalue weighted by Crippen LogP contribution is 2.01. The topological polar surface area (TPSA) is 45.4 Å². The van der Waals surface area contributed by atoms with Gasteiger partial charge < -0.3 is 4.74 Å². The van der Waals surface area contributed by atoms with Crippen molar-refractivity contribution >= 4 is 5.90 Å². The van der Waals surface area contributed by atoms with Gasteiger partial charge in [0.15, 0.2) is 5.90 Å². The van der Waals surface area contributed by atoms with Crippen LogP contribution >= 0.6 is 0 Å². The molecule has 0 aliphatic carbocycles. The molecule has 3 heteroatoms. The van der Waals surface area contributed by atoms with E-state index in [0.717, 1.165) is 5.56 Å². The van der Waals surface area contributed by atoms with Crippen molar-refractivity contribution in [3.05, 3.63) is 35.9 Å². The number of nitrogens with zero attached hydrogens (tertiary/aromatic N) is 2. The number of aliphatic imine (C=N–C) groups is 1. The average Bonchev–Trinajstić information content (AvgIpc) is 2.25. The first-order valence-electron chi connectivity index (χ1n) is 4.35. The van der Waals surface area contributed by atoms with Crippen molar-refractivity contribution in [3.63, 3.8) is 0 Å². The molecule has 0 saturated heterocycles. The maximum atomic E-state index is 8.36. The Bertz CT molecular complexity index is 338. The van der Waals surface area contributed by atoms with Crippen LogP contribution in [-0.4, -0.2) is 19.6 Å². The van der Waals surface area contributed by atoms with E-state index in [0.29, 0.717) is 12.3 Å². The van der Waals surface area contributed by atoms with Crippen molar-refractivity contribution in [2.45, 2.75) is 6.42 Å². The minimum absolute atomic E-state index is 0.149. The molecule has 0 aliphatic heterocycles. The predicted octanol–water partition coefficient (Wildman–Crippen LogP) is 1.80. The highest BCUT2D eigenvalue weighted by Gasteiger charge is 1.99. The Morgan fingerprint density at radius 2 is 2.14 bits per heavy atom. The number of hydrogen-bond donors (Lipinski definition) is 0. The van der Waals surface area contributed by atoms with Crippen molar-refractivity contribution in [3.8, 4) is 6.07 Å². The van der Waals surface area contributed by atoms with E-state index >= 15 is 0 Å². The Labute approximate surface area is 83.7 Å². The molecule has 14 heavy (non-hydrogen) atoms. The van der Waals surface area contributed by atoms with E-state index in [1.165, 1.54) is 0 Å². The van der Waals surface area contributed by atoms with E-state index in [1.54, 1.807) is 7.11 Å². The van der Waals surface area contributed by atoms with E-state index in [1.807, 2.05) is 36.4 Å². The Morgan fingerprint density at radius 1 is 1.43 bits per heavy atom. The molecule has 3 nitrogen and oxygen atoms in total. The highest BCUT2D eigenvalue weighted by atomic mass is 16.5. The predicted molar refractivity (Wildman–Crippen MR) is 55.1 cm³/mol. The van der Waals surface area contributed by atoms with Crippen LogP contribution in [0.3, 0.4) is 0 Å². The van der Waals surface area contributed by atoms with Crippen molar-refractivity contribution in [2.75, 3.05) is 13.7 Å². The molecule has 1 rings (SSSR count). The minimum Gasteiger partial charge on any atom is -0.484 e. The Hall–Kier alpha value is -1.82. The number of ether oxygens (including phenoxy) is 1. The second-order valence-electron chi connectivity index (χ2n) is 2.73. The lowest BCUT2D eigenvalue weighted by Gasteiger charge is -2.03. The van der Waals surface area contributed by atoms with Crippen LogP contribution in [-0.2, 0) is 11.2 Å². The molecule has 0 radical (unpaired) electrons. The third kappa shape index (κ3) is 3.28. The summed E-state index contributed by atoms with van der Waals surface area (Å²) < 4.78 is 5.06. The third-order valence-electron chi connectivity index (χ3n) is 1.76. The smallest absolute Gasteiger partial charge is 0.188 e. The molecule has 0 spiro atoms. The summed E-state index contributed by atoms with van der Waals surface area (Å²) in [6, 6.07) is 11.8. The zero-order valence-electron chi connectivity index (χ0n) is 8.10. The summed E-state index contributed by atoms with van der Waals surface area (Å²) in [7, 11) is 1.57. The van der Waals surface area contributed by atoms with Gasteiger partial charge in [-0.3, -0.25) is 0 Å². The zero-order chi connectivity index (χ0) is 10.2. The fraction of sp³-hybridized carbons (Fsp3) is 0.273. The first-order valence-corrected chi connectivity index (χ1v) is 4.35. The van der Waals surface area contributed by atoms with Gasteiger partial charge in [0.05, 0.1) is 13.2 Å². The fourth-order valence-electron chi connectivity index (χ4n) is 1.09. The van der Waals surface area contributed by atoms with Crippen molar-refractivity contribution in [1.29, 1.82) is 5.26 Å². The van der Waals surface area contributed by atoms with Gasteiger partial charge in [-0.1, -0.05) is 30.3 Å². The van der Waals surface area contributed by atoms with Crippen molar-refractivity contribution in [1.82, 2.24) is 0 Å². The standard InChI is InChI=1S/C11H12N2O/c1-14-11(13-8-7-12)9-10-5-3-2-4-6-10/h2-6H,8-9H2,1H3. The number of hydrogen-bond acceptors (Lipinski definition) is 3. The first kappa shape index (κ1) is 10.3. The van der Waals surface area contributed by atoms with Gasteiger partial charge in [-0.25, -0.2) is 4.99 Å². The van der Waals surface area contributed by atoms with Gasteiger partial charge in [0.25, 0.3) is 0 Å². The lowest BCUT2D eigenvalue weighted by atomic mass is 10.1. The minimum atomic E-state index is 0.149. The van der Waals surface area contributed by atoms with E-state index in [-0.39, 0.29) is 6.54 Å². The molecule has 1 aromatic carbocycles. The van der Waals surface area contributed by atoms with E-state index in [2.05, 4.69) is 4.99 Å². The van der Waals surface area contributed by atoms with E-state index in [9.17, 15) is 0 Å². The summed E-state index contributed by atoms with van der Waals surface area (Å²) in [5, 5.41) is 8.36. The second-order valence-corrected chi connectivity index (χ2v) is 2.73. The SMILES string of the molecule is COC(Cc1ccccc1)=NCC#N. The molecule has 0 aromatic heterocycles. The van der Waals surface area contributed by atoms with Gasteiger partial charge >= 0.3 is 0 Å². The van der Waals surface area contributed by atoms with Crippen LogP contribution in [0, 0.1) is 11.3 Å². The number of methoxy groups -OCH3 is 1. The lowest BCUT2D eigenvalue weighted by molar-refractivity contribution is 0.392. The highest BCUT2D eigenvalue weighted by molar-refractivity contribution is 5.78. The summed E-state index contributed by atoms with van der Waals surface area (Å²) in [5.41, 5.74) is 1.13. The van der Waals surface area contributed by atoms with Gasteiger partial charge in [-0.2, -0.15) is 5.26 Å². The van der Waals surface area contributed by atoms with Crippen LogP contribution < -0.4 is 0 Å². The largest absolute Gasteiger partial charge is 0.484 e. The molecular weight excluding hydrogens is 176 g/mol. The Kier molecular flexibility index (Phi) is 4.22. The summed E-state index contributed by atoms with van der Waals surface area (Å²) in [5.74, 6) is 0.595. The van der Waals surface area contributed by atoms with Gasteiger partial charge in [-0.15, -0.1) is 0 Å². The van der Waals surface area contributed by atoms with Crippen LogP contribution in [0.5, 0.6) is 0 Å². The zero-order valence-corrected chi connectivity index (χ0v) is 8.10. The molecule has 0 fully saturated rings. The summed E-state index contributed by atoms with van der Waals surface area (Å²) in [4.78, 5) is 3.99. The summed E-state index contributed by atoms with van der Waals surface area (Å²) >= 11 is 0. The molecule has 0 saturated carbocycles. The maximum absolute atomic E-state index is 8.36. The molecule has 0 aliphatic rings. The Morgan fingerprint density at radius 3 is 2.71 bits per heavy atom. The van der Waals surface area contributed by atoms with Gasteiger partial charge in [0, 0.05) is 6.42 Å². The molecular formula is C11H12N2O. The lowest BCUT2D eigenvalue weighted by Crippen LogP contribution is -2.06. The number of rotatable bonds is 3. The molecule has 0 unspecified atom stereocenters. The third-order valence-corrected chi connectivity index (χ3v) is 1.76. The molecule has 0 atom stereocenters. The quantitative estimate of drug-likeness (QED) is 0.412. The number of benzene rings is 1. The van der Waals surface area contributed by atoms with Crippen molar-refractivity contribution < 1.29 is 4.74 Å². The summed E-state index contributed by atoms with van der Waals surface area (Å²) in [6.07, 6.45) is 0.638. The fourth-order valence-corrected chi connectivity index (χ4v) is 1.09. The van der Waals surface area contributed by atoms with Gasteiger partial charge in [-0.05, 0) is 5.56 Å². The normalized spacial score (nSPS) is 10.7. The summed E-state index contributed by atoms with van der Waals surface area (Å²) in [6.45, 7) is 0.149. The molecule has 0 N–H and O–H groups in total. The van der Waals surface area contributed by atoms with Crippen LogP contribution in [0.4, 0.5) is 0 Å².